The number of H-pyrrole nitrogens is 1. The van der Waals surface area contributed by atoms with Gasteiger partial charge in [0.2, 0.25) is 0 Å². The number of aliphatic hydroxyl groups is 4. The van der Waals surface area contributed by atoms with E-state index in [-0.39, 0.29) is 43.7 Å². The Labute approximate surface area is 404 Å². The van der Waals surface area contributed by atoms with Gasteiger partial charge in [0.15, 0.2) is 12.6 Å². The number of carbonyl (C=O) groups is 2. The van der Waals surface area contributed by atoms with Gasteiger partial charge in [0, 0.05) is 61.7 Å². The third kappa shape index (κ3) is 13.2. The van der Waals surface area contributed by atoms with Crippen LogP contribution in [0.15, 0.2) is 30.5 Å². The van der Waals surface area contributed by atoms with E-state index >= 15 is 0 Å². The van der Waals surface area contributed by atoms with E-state index in [1.54, 1.807) is 41.5 Å². The largest absolute Gasteiger partial charge is 0.459 e. The first-order valence-corrected chi connectivity index (χ1v) is 24.8. The van der Waals surface area contributed by atoms with Crippen molar-refractivity contribution in [2.24, 2.45) is 17.8 Å². The molecule has 3 aliphatic rings. The maximum atomic E-state index is 14.7. The lowest BCUT2D eigenvalue weighted by Gasteiger charge is -2.48. The number of fused-ring (bicyclic) bond motifs is 1. The number of aromatic amines is 1. The number of nitrogens with zero attached hydrogens (tertiary/aromatic N) is 2. The average molecular weight is 963 g/mol. The van der Waals surface area contributed by atoms with E-state index in [9.17, 15) is 30.0 Å². The van der Waals surface area contributed by atoms with Crippen molar-refractivity contribution in [3.05, 3.63) is 36.0 Å². The number of hydrogen-bond donors (Lipinski definition) is 6. The van der Waals surface area contributed by atoms with Gasteiger partial charge < -0.3 is 68.8 Å². The Bertz CT molecular complexity index is 1910. The van der Waals surface area contributed by atoms with E-state index in [1.807, 2.05) is 83.0 Å². The molecule has 2 aromatic rings. The van der Waals surface area contributed by atoms with Crippen molar-refractivity contribution in [3.8, 4) is 0 Å². The number of methoxy groups -OCH3 is 1. The number of aromatic nitrogens is 1. The Kier molecular flexibility index (Phi) is 19.5. The van der Waals surface area contributed by atoms with Gasteiger partial charge in [-0.15, -0.1) is 0 Å². The van der Waals surface area contributed by atoms with Crippen LogP contribution in [0.3, 0.4) is 0 Å². The van der Waals surface area contributed by atoms with Crippen LogP contribution >= 0.6 is 0 Å². The van der Waals surface area contributed by atoms with Crippen LogP contribution in [0.2, 0.25) is 0 Å². The highest BCUT2D eigenvalue weighted by atomic mass is 16.7. The lowest BCUT2D eigenvalue weighted by molar-refractivity contribution is -0.318. The molecule has 0 spiro atoms. The zero-order valence-electron chi connectivity index (χ0n) is 43.3. The average Bonchev–Trinajstić information content (AvgIpc) is 3.69. The maximum absolute atomic E-state index is 14.7. The smallest absolute Gasteiger partial charge is 0.311 e. The number of likely N-dealkylation sites (N-methyl/N-ethyl adjacent to an activating group) is 2. The fourth-order valence-corrected chi connectivity index (χ4v) is 11.0. The normalized spacial score (nSPS) is 40.7. The minimum absolute atomic E-state index is 0.0382. The zero-order chi connectivity index (χ0) is 50.5. The topological polar surface area (TPSA) is 214 Å². The van der Waals surface area contributed by atoms with Crippen LogP contribution in [-0.2, 0) is 49.2 Å². The molecule has 0 aliphatic carbocycles. The van der Waals surface area contributed by atoms with Gasteiger partial charge in [-0.25, -0.2) is 0 Å². The van der Waals surface area contributed by atoms with Crippen LogP contribution in [-0.4, -0.2) is 185 Å². The summed E-state index contributed by atoms with van der Waals surface area (Å²) in [5.41, 5.74) is -2.30. The van der Waals surface area contributed by atoms with E-state index in [4.69, 9.17) is 33.2 Å². The first kappa shape index (κ1) is 56.1. The molecule has 3 fully saturated rings. The maximum Gasteiger partial charge on any atom is 0.311 e. The lowest BCUT2D eigenvalue weighted by Crippen LogP contribution is -2.61. The van der Waals surface area contributed by atoms with E-state index in [0.717, 1.165) is 17.3 Å². The number of esters is 2. The number of cyclic esters (lactones) is 1. The molecule has 0 radical (unpaired) electrons. The summed E-state index contributed by atoms with van der Waals surface area (Å²) < 4.78 is 44.5. The summed E-state index contributed by atoms with van der Waals surface area (Å²) in [7, 11) is 7.15. The third-order valence-electron chi connectivity index (χ3n) is 15.2. The summed E-state index contributed by atoms with van der Waals surface area (Å²) >= 11 is 0. The van der Waals surface area contributed by atoms with Crippen LogP contribution in [0.5, 0.6) is 0 Å². The predicted molar refractivity (Wildman–Crippen MR) is 258 cm³/mol. The third-order valence-corrected chi connectivity index (χ3v) is 15.2. The van der Waals surface area contributed by atoms with Gasteiger partial charge in [-0.2, -0.15) is 0 Å². The second-order valence-electron chi connectivity index (χ2n) is 21.2. The molecule has 5 rings (SSSR count). The molecule has 1 aromatic heterocycles. The van der Waals surface area contributed by atoms with Crippen molar-refractivity contribution in [1.82, 2.24) is 20.1 Å². The fraction of sp³-hybridized carbons (Fsp3) is 0.804. The Morgan fingerprint density at radius 2 is 1.68 bits per heavy atom. The van der Waals surface area contributed by atoms with Crippen LogP contribution in [0.4, 0.5) is 0 Å². The van der Waals surface area contributed by atoms with Crippen molar-refractivity contribution in [2.75, 3.05) is 47.9 Å². The predicted octanol–water partition coefficient (Wildman–Crippen LogP) is 4.16. The molecule has 3 saturated heterocycles. The van der Waals surface area contributed by atoms with Gasteiger partial charge >= 0.3 is 11.9 Å². The summed E-state index contributed by atoms with van der Waals surface area (Å²) in [5, 5.41) is 52.7. The molecule has 18 atom stereocenters. The van der Waals surface area contributed by atoms with E-state index < -0.39 is 102 Å². The van der Waals surface area contributed by atoms with E-state index in [1.165, 1.54) is 12.7 Å². The number of aliphatic hydroxyl groups excluding tert-OH is 2. The molecule has 4 heterocycles. The fourth-order valence-electron chi connectivity index (χ4n) is 11.0. The Morgan fingerprint density at radius 3 is 2.34 bits per heavy atom. The number of ether oxygens (including phenoxy) is 7. The zero-order valence-corrected chi connectivity index (χ0v) is 43.3. The number of hydrogen-bond acceptors (Lipinski definition) is 16. The van der Waals surface area contributed by atoms with Crippen LogP contribution in [0, 0.1) is 17.8 Å². The summed E-state index contributed by atoms with van der Waals surface area (Å²) in [4.78, 5) is 35.7. The number of benzene rings is 1. The molecule has 3 aliphatic heterocycles. The molecule has 6 N–H and O–H groups in total. The van der Waals surface area contributed by atoms with Crippen LogP contribution < -0.4 is 5.32 Å². The first-order valence-electron chi connectivity index (χ1n) is 24.8. The van der Waals surface area contributed by atoms with Crippen molar-refractivity contribution in [3.63, 3.8) is 0 Å². The Morgan fingerprint density at radius 1 is 0.985 bits per heavy atom. The van der Waals surface area contributed by atoms with Crippen LogP contribution in [0.1, 0.15) is 107 Å². The second kappa shape index (κ2) is 23.6. The summed E-state index contributed by atoms with van der Waals surface area (Å²) in [6, 6.07) is 7.23. The van der Waals surface area contributed by atoms with Gasteiger partial charge in [0.1, 0.15) is 30.0 Å². The molecular formula is C51H86N4O13. The van der Waals surface area contributed by atoms with Crippen molar-refractivity contribution in [1.29, 1.82) is 0 Å². The molecule has 0 amide bonds. The molecule has 17 heteroatoms. The highest BCUT2D eigenvalue weighted by molar-refractivity contribution is 5.83. The Hall–Kier alpha value is -2.78. The number of para-hydroxylation sites is 1. The van der Waals surface area contributed by atoms with Crippen molar-refractivity contribution in [2.45, 2.75) is 198 Å². The molecule has 388 valence electrons. The SMILES string of the molecule is CC[C@@H]1OC(=O)[C@H](C)[C@@H](O[C@H]2C[C@@](C)(OC)[C@@H](O)[C@H](C)O2)[C@H](C)[C@@H](O[C@@H]2O[C@H](C)C[C@H](N(C)C)[C@H]2O)[C@@](C)(O)C[C@@H](C)CN(C)[C@@H](C)[C@@H](OC(=O)CCNCCc2c[nH]c3ccccc23)[C@]1(C)O. The molecular weight excluding hydrogens is 877 g/mol. The molecule has 0 saturated carbocycles. The van der Waals surface area contributed by atoms with E-state index in [2.05, 4.69) is 16.4 Å². The van der Waals surface area contributed by atoms with Gasteiger partial charge in [-0.05, 0) is 119 Å². The molecule has 1 aromatic carbocycles. The summed E-state index contributed by atoms with van der Waals surface area (Å²) in [6.07, 6.45) is -5.78. The minimum atomic E-state index is -1.87. The van der Waals surface area contributed by atoms with Crippen molar-refractivity contribution < 1.29 is 63.2 Å². The quantitative estimate of drug-likeness (QED) is 0.116. The molecule has 0 bridgehead atoms. The molecule has 17 nitrogen and oxygen atoms in total. The highest BCUT2D eigenvalue weighted by Crippen LogP contribution is 2.40. The van der Waals surface area contributed by atoms with Gasteiger partial charge in [-0.3, -0.25) is 14.5 Å². The number of carbonyl (C=O) groups excluding carboxylic acids is 2. The molecule has 0 unspecified atom stereocenters. The first-order chi connectivity index (χ1) is 31.8. The minimum Gasteiger partial charge on any atom is -0.459 e. The van der Waals surface area contributed by atoms with Gasteiger partial charge in [0.25, 0.3) is 0 Å². The second-order valence-corrected chi connectivity index (χ2v) is 21.2. The van der Waals surface area contributed by atoms with Crippen LogP contribution in [0.25, 0.3) is 10.9 Å². The number of rotatable bonds is 14. The molecule has 68 heavy (non-hydrogen) atoms. The summed E-state index contributed by atoms with van der Waals surface area (Å²) in [5.74, 6) is -3.31. The van der Waals surface area contributed by atoms with Gasteiger partial charge in [-0.1, -0.05) is 39.0 Å². The highest BCUT2D eigenvalue weighted by Gasteiger charge is 2.53. The standard InChI is InChI=1S/C51H86N4O13/c1-15-39-51(10,61)46(66-40(56)21-23-52-22-20-35-27-53-37-19-17-16-18-36(35)37)33(6)55(13)28-29(2)25-49(8,60)45(68-48-42(57)38(54(11)12)24-30(3)63-48)31(4)43(32(5)47(59)65-39)67-41-26-50(9,62-14)44(58)34(7)64-41/h16-19,27,29-34,38-39,41-46,48,52-53,57-58,60-61H,15,20-26,28H2,1-14H3/t29-,30-,31+,32-,33+,34+,38+,39+,41+,42-,43+,44+,45-,46-,48+,49+,50-,51-/m1/s1. The van der Waals surface area contributed by atoms with E-state index in [0.29, 0.717) is 26.1 Å². The lowest BCUT2D eigenvalue weighted by atomic mass is 9.77. The van der Waals surface area contributed by atoms with Crippen molar-refractivity contribution >= 4 is 22.8 Å². The monoisotopic (exact) mass is 963 g/mol. The van der Waals surface area contributed by atoms with Gasteiger partial charge in [0.05, 0.1) is 48.0 Å². The number of nitrogens with one attached hydrogen (secondary N) is 2. The Balaban J connectivity index is 1.46. The summed E-state index contributed by atoms with van der Waals surface area (Å²) in [6.45, 7) is 19.2.